The lowest BCUT2D eigenvalue weighted by Gasteiger charge is -2.30. The number of aromatic nitrogens is 5. The van der Waals surface area contributed by atoms with Crippen LogP contribution in [0, 0.1) is 12.7 Å². The van der Waals surface area contributed by atoms with Crippen LogP contribution >= 0.6 is 0 Å². The number of piperidine rings is 1. The van der Waals surface area contributed by atoms with Crippen molar-refractivity contribution in [3.8, 4) is 22.3 Å². The van der Waals surface area contributed by atoms with Gasteiger partial charge in [0.2, 0.25) is 0 Å². The van der Waals surface area contributed by atoms with Crippen LogP contribution in [0.2, 0.25) is 0 Å². The van der Waals surface area contributed by atoms with Gasteiger partial charge >= 0.3 is 0 Å². The van der Waals surface area contributed by atoms with Crippen molar-refractivity contribution in [2.75, 3.05) is 20.1 Å². The van der Waals surface area contributed by atoms with Crippen LogP contribution in [0.25, 0.3) is 44.3 Å². The number of aryl methyl sites for hydroxylation is 1. The third-order valence-electron chi connectivity index (χ3n) is 6.82. The van der Waals surface area contributed by atoms with Crippen molar-refractivity contribution in [1.29, 1.82) is 0 Å². The van der Waals surface area contributed by atoms with Crippen LogP contribution in [0.4, 0.5) is 4.39 Å². The number of hydrogen-bond donors (Lipinski definition) is 1. The Labute approximate surface area is 191 Å². The number of nitrogens with zero attached hydrogens (tertiary/aromatic N) is 5. The number of nitrogens with one attached hydrogen (secondary N) is 1. The quantitative estimate of drug-likeness (QED) is 0.410. The second-order valence-corrected chi connectivity index (χ2v) is 8.95. The first-order valence-electron chi connectivity index (χ1n) is 11.3. The van der Waals surface area contributed by atoms with Crippen LogP contribution < -0.4 is 0 Å². The van der Waals surface area contributed by atoms with E-state index in [9.17, 15) is 0 Å². The topological polar surface area (TPSA) is 62.6 Å². The van der Waals surface area contributed by atoms with Crippen LogP contribution in [0.5, 0.6) is 0 Å². The summed E-state index contributed by atoms with van der Waals surface area (Å²) < 4.78 is 17.5. The van der Waals surface area contributed by atoms with Crippen molar-refractivity contribution >= 4 is 22.1 Å². The molecule has 6 nitrogen and oxygen atoms in total. The van der Waals surface area contributed by atoms with E-state index in [4.69, 9.17) is 0 Å². The molecular formula is C26H25FN6. The summed E-state index contributed by atoms with van der Waals surface area (Å²) in [4.78, 5) is 19.0. The largest absolute Gasteiger partial charge is 0.346 e. The van der Waals surface area contributed by atoms with Crippen LogP contribution in [-0.2, 0) is 0 Å². The third-order valence-corrected chi connectivity index (χ3v) is 6.82. The molecule has 5 heterocycles. The van der Waals surface area contributed by atoms with Crippen molar-refractivity contribution in [1.82, 2.24) is 29.4 Å². The Kier molecular flexibility index (Phi) is 4.73. The summed E-state index contributed by atoms with van der Waals surface area (Å²) in [6.45, 7) is 4.06. The Bertz CT molecular complexity index is 1460. The highest BCUT2D eigenvalue weighted by molar-refractivity contribution is 5.97. The average molecular weight is 441 g/mol. The fourth-order valence-electron chi connectivity index (χ4n) is 5.07. The lowest BCUT2D eigenvalue weighted by atomic mass is 10.0. The number of benzene rings is 1. The first-order valence-corrected chi connectivity index (χ1v) is 11.3. The smallest absolute Gasteiger partial charge is 0.151 e. The predicted octanol–water partition coefficient (Wildman–Crippen LogP) is 5.36. The molecule has 0 amide bonds. The normalized spacial score (nSPS) is 15.6. The molecule has 6 rings (SSSR count). The number of aromatic amines is 1. The minimum absolute atomic E-state index is 0.289. The molecule has 33 heavy (non-hydrogen) atoms. The number of imidazole rings is 1. The zero-order valence-electron chi connectivity index (χ0n) is 18.7. The zero-order valence-corrected chi connectivity index (χ0v) is 18.7. The molecule has 1 saturated heterocycles. The van der Waals surface area contributed by atoms with Crippen LogP contribution in [0.1, 0.15) is 24.7 Å². The predicted molar refractivity (Wildman–Crippen MR) is 129 cm³/mol. The Morgan fingerprint density at radius 2 is 1.91 bits per heavy atom. The lowest BCUT2D eigenvalue weighted by Crippen LogP contribution is -2.31. The van der Waals surface area contributed by atoms with E-state index in [-0.39, 0.29) is 5.82 Å². The molecule has 5 aromatic rings. The maximum Gasteiger partial charge on any atom is 0.151 e. The Morgan fingerprint density at radius 3 is 2.70 bits per heavy atom. The van der Waals surface area contributed by atoms with Crippen molar-refractivity contribution in [2.45, 2.75) is 25.8 Å². The Balaban J connectivity index is 1.50. The number of hydrogen-bond acceptors (Lipinski definition) is 4. The summed E-state index contributed by atoms with van der Waals surface area (Å²) >= 11 is 0. The maximum atomic E-state index is 15.3. The molecule has 166 valence electrons. The van der Waals surface area contributed by atoms with Crippen LogP contribution in [-0.4, -0.2) is 49.5 Å². The van der Waals surface area contributed by atoms with Gasteiger partial charge in [-0.3, -0.25) is 4.98 Å². The van der Waals surface area contributed by atoms with Gasteiger partial charge in [0.15, 0.2) is 5.82 Å². The minimum atomic E-state index is -0.289. The standard InChI is InChI=1S/C26H25FN6/c1-16-31-25-23(27)11-18(12-24(25)33(16)20-5-8-32(2)9-6-20)22-15-30-26-21(22)10-19(14-29-26)17-4-3-7-28-13-17/h3-4,7,10-15,20H,5-6,8-9H2,1-2H3,(H,29,30). The monoisotopic (exact) mass is 440 g/mol. The average Bonchev–Trinajstić information content (AvgIpc) is 3.41. The van der Waals surface area contributed by atoms with Gasteiger partial charge in [0.25, 0.3) is 0 Å². The molecule has 0 aliphatic carbocycles. The zero-order chi connectivity index (χ0) is 22.5. The highest BCUT2D eigenvalue weighted by atomic mass is 19.1. The molecule has 0 unspecified atom stereocenters. The van der Waals surface area contributed by atoms with E-state index >= 15 is 4.39 Å². The second kappa shape index (κ2) is 7.78. The third kappa shape index (κ3) is 3.40. The minimum Gasteiger partial charge on any atom is -0.346 e. The molecule has 1 N–H and O–H groups in total. The Hall–Kier alpha value is -3.58. The number of rotatable bonds is 3. The SMILES string of the molecule is Cc1nc2c(F)cc(-c3c[nH]c4ncc(-c5cccnc5)cc34)cc2n1C1CCN(C)CC1. The fraction of sp³-hybridized carbons (Fsp3) is 0.269. The summed E-state index contributed by atoms with van der Waals surface area (Å²) in [5.74, 6) is 0.582. The number of fused-ring (bicyclic) bond motifs is 2. The van der Waals surface area contributed by atoms with E-state index in [1.807, 2.05) is 37.6 Å². The van der Waals surface area contributed by atoms with E-state index < -0.39 is 0 Å². The van der Waals surface area contributed by atoms with Crippen molar-refractivity contribution in [3.05, 3.63) is 66.8 Å². The molecule has 0 radical (unpaired) electrons. The summed E-state index contributed by atoms with van der Waals surface area (Å²) in [6, 6.07) is 10.0. The molecule has 1 aliphatic rings. The van der Waals surface area contributed by atoms with Crippen LogP contribution in [0.3, 0.4) is 0 Å². The van der Waals surface area contributed by atoms with E-state index in [1.165, 1.54) is 0 Å². The van der Waals surface area contributed by atoms with Crippen molar-refractivity contribution < 1.29 is 4.39 Å². The molecule has 0 spiro atoms. The van der Waals surface area contributed by atoms with Gasteiger partial charge in [-0.25, -0.2) is 14.4 Å². The summed E-state index contributed by atoms with van der Waals surface area (Å²) in [5.41, 5.74) is 5.82. The highest BCUT2D eigenvalue weighted by Gasteiger charge is 2.24. The molecule has 0 atom stereocenters. The summed E-state index contributed by atoms with van der Waals surface area (Å²) in [6.07, 6.45) is 9.41. The highest BCUT2D eigenvalue weighted by Crippen LogP contribution is 2.36. The van der Waals surface area contributed by atoms with E-state index in [0.717, 1.165) is 70.6 Å². The van der Waals surface area contributed by atoms with Gasteiger partial charge in [-0.05, 0) is 69.7 Å². The molecule has 1 aromatic carbocycles. The molecular weight excluding hydrogens is 415 g/mol. The molecule has 0 bridgehead atoms. The molecule has 4 aromatic heterocycles. The fourth-order valence-corrected chi connectivity index (χ4v) is 5.07. The van der Waals surface area contributed by atoms with Gasteiger partial charge in [-0.1, -0.05) is 6.07 Å². The lowest BCUT2D eigenvalue weighted by molar-refractivity contribution is 0.222. The molecule has 7 heteroatoms. The van der Waals surface area contributed by atoms with Crippen LogP contribution in [0.15, 0.2) is 55.1 Å². The van der Waals surface area contributed by atoms with E-state index in [2.05, 4.69) is 48.6 Å². The van der Waals surface area contributed by atoms with Gasteiger partial charge in [0.1, 0.15) is 17.0 Å². The van der Waals surface area contributed by atoms with E-state index in [0.29, 0.717) is 11.6 Å². The molecule has 1 fully saturated rings. The summed E-state index contributed by atoms with van der Waals surface area (Å²) in [5, 5.41) is 0.956. The maximum absolute atomic E-state index is 15.3. The molecule has 0 saturated carbocycles. The summed E-state index contributed by atoms with van der Waals surface area (Å²) in [7, 11) is 2.15. The number of pyridine rings is 2. The van der Waals surface area contributed by atoms with E-state index in [1.54, 1.807) is 12.3 Å². The number of halogens is 1. The number of H-pyrrole nitrogens is 1. The van der Waals surface area contributed by atoms with Gasteiger partial charge in [-0.15, -0.1) is 0 Å². The van der Waals surface area contributed by atoms with Crippen molar-refractivity contribution in [3.63, 3.8) is 0 Å². The number of likely N-dealkylation sites (tertiary alicyclic amines) is 1. The van der Waals surface area contributed by atoms with Gasteiger partial charge in [0, 0.05) is 52.9 Å². The first kappa shape index (κ1) is 20.1. The van der Waals surface area contributed by atoms with Gasteiger partial charge in [0.05, 0.1) is 5.52 Å². The van der Waals surface area contributed by atoms with Gasteiger partial charge < -0.3 is 14.5 Å². The molecule has 1 aliphatic heterocycles. The second-order valence-electron chi connectivity index (χ2n) is 8.95. The Morgan fingerprint density at radius 1 is 1.06 bits per heavy atom. The van der Waals surface area contributed by atoms with Gasteiger partial charge in [-0.2, -0.15) is 0 Å². The first-order chi connectivity index (χ1) is 16.1. The van der Waals surface area contributed by atoms with Crippen molar-refractivity contribution in [2.24, 2.45) is 0 Å².